The lowest BCUT2D eigenvalue weighted by Gasteiger charge is -2.16. The molecule has 23 heavy (non-hydrogen) atoms. The van der Waals surface area contributed by atoms with Gasteiger partial charge < -0.3 is 10.4 Å². The van der Waals surface area contributed by atoms with E-state index in [-0.39, 0.29) is 12.3 Å². The minimum Gasteiger partial charge on any atom is -0.480 e. The summed E-state index contributed by atoms with van der Waals surface area (Å²) in [6.07, 6.45) is 0.115. The molecule has 1 rings (SSSR count). The van der Waals surface area contributed by atoms with Gasteiger partial charge >= 0.3 is 17.3 Å². The molecule has 0 aliphatic heterocycles. The third kappa shape index (κ3) is 4.46. The van der Waals surface area contributed by atoms with Crippen molar-refractivity contribution < 1.29 is 24.5 Å². The van der Waals surface area contributed by atoms with E-state index in [1.54, 1.807) is 13.8 Å². The number of aliphatic carboxylic acids is 1. The maximum atomic E-state index is 12.1. The van der Waals surface area contributed by atoms with E-state index in [1.807, 2.05) is 0 Å². The average Bonchev–Trinajstić information content (AvgIpc) is 2.44. The van der Waals surface area contributed by atoms with Crippen LogP contribution in [0.25, 0.3) is 0 Å². The number of nitro groups is 2. The number of nitro benzene ring substituents is 2. The number of carboxylic acid groups (broad SMARTS) is 1. The van der Waals surface area contributed by atoms with Crippen LogP contribution in [0.4, 0.5) is 11.4 Å². The largest absolute Gasteiger partial charge is 0.480 e. The molecule has 0 saturated heterocycles. The number of nitrogens with zero attached hydrogens (tertiary/aromatic N) is 2. The number of benzene rings is 1. The van der Waals surface area contributed by atoms with Crippen molar-refractivity contribution in [3.63, 3.8) is 0 Å². The van der Waals surface area contributed by atoms with E-state index in [1.165, 1.54) is 0 Å². The molecule has 0 fully saturated rings. The number of hydrogen-bond acceptors (Lipinski definition) is 6. The Morgan fingerprint density at radius 2 is 1.83 bits per heavy atom. The summed E-state index contributed by atoms with van der Waals surface area (Å²) in [6.45, 7) is 3.50. The highest BCUT2D eigenvalue weighted by atomic mass is 16.6. The Bertz CT molecular complexity index is 657. The summed E-state index contributed by atoms with van der Waals surface area (Å²) in [5.74, 6) is -2.38. The van der Waals surface area contributed by atoms with Crippen LogP contribution in [0, 0.1) is 26.1 Å². The topological polar surface area (TPSA) is 153 Å². The number of carbonyl (C=O) groups excluding carboxylic acids is 1. The molecule has 0 aromatic heterocycles. The average molecular weight is 325 g/mol. The number of para-hydroxylation sites is 1. The van der Waals surface area contributed by atoms with E-state index in [9.17, 15) is 29.8 Å². The molecule has 0 aliphatic carbocycles. The Kier molecular flexibility index (Phi) is 5.71. The molecule has 124 valence electrons. The molecule has 0 aliphatic rings. The molecule has 0 spiro atoms. The van der Waals surface area contributed by atoms with E-state index >= 15 is 0 Å². The number of carbonyl (C=O) groups is 2. The summed E-state index contributed by atoms with van der Waals surface area (Å²) >= 11 is 0. The number of amides is 1. The van der Waals surface area contributed by atoms with Crippen molar-refractivity contribution in [3.05, 3.63) is 44.0 Å². The molecule has 10 nitrogen and oxygen atoms in total. The summed E-state index contributed by atoms with van der Waals surface area (Å²) < 4.78 is 0. The van der Waals surface area contributed by atoms with E-state index in [2.05, 4.69) is 5.32 Å². The molecule has 1 atom stereocenters. The molecule has 0 bridgehead atoms. The number of hydrogen-bond donors (Lipinski definition) is 2. The summed E-state index contributed by atoms with van der Waals surface area (Å²) in [5.41, 5.74) is -2.36. The minimum absolute atomic E-state index is 0.0449. The normalized spacial score (nSPS) is 11.8. The van der Waals surface area contributed by atoms with Gasteiger partial charge in [-0.2, -0.15) is 0 Å². The van der Waals surface area contributed by atoms with Crippen LogP contribution in [0.3, 0.4) is 0 Å². The first-order valence-corrected chi connectivity index (χ1v) is 6.60. The molecule has 0 saturated carbocycles. The summed E-state index contributed by atoms with van der Waals surface area (Å²) in [5, 5.41) is 33.1. The third-order valence-electron chi connectivity index (χ3n) is 2.95. The van der Waals surface area contributed by atoms with Crippen molar-refractivity contribution >= 4 is 23.3 Å². The number of nitrogens with one attached hydrogen (secondary N) is 1. The van der Waals surface area contributed by atoms with Crippen molar-refractivity contribution in [1.82, 2.24) is 5.32 Å². The zero-order valence-corrected chi connectivity index (χ0v) is 12.4. The second-order valence-electron chi connectivity index (χ2n) is 5.18. The van der Waals surface area contributed by atoms with Gasteiger partial charge in [-0.1, -0.05) is 19.9 Å². The fraction of sp³-hybridized carbons (Fsp3) is 0.385. The van der Waals surface area contributed by atoms with Crippen LogP contribution in [0.1, 0.15) is 30.6 Å². The van der Waals surface area contributed by atoms with Gasteiger partial charge in [0.05, 0.1) is 9.85 Å². The van der Waals surface area contributed by atoms with Gasteiger partial charge in [0.2, 0.25) is 0 Å². The maximum Gasteiger partial charge on any atom is 0.358 e. The van der Waals surface area contributed by atoms with Gasteiger partial charge in [-0.05, 0) is 18.4 Å². The highest BCUT2D eigenvalue weighted by Gasteiger charge is 2.33. The molecule has 1 aromatic rings. The number of rotatable bonds is 7. The van der Waals surface area contributed by atoms with E-state index in [0.29, 0.717) is 0 Å². The highest BCUT2D eigenvalue weighted by molar-refractivity contribution is 6.01. The summed E-state index contributed by atoms with van der Waals surface area (Å²) in [7, 11) is 0. The molecule has 0 unspecified atom stereocenters. The van der Waals surface area contributed by atoms with Gasteiger partial charge in [0, 0.05) is 6.07 Å². The smallest absolute Gasteiger partial charge is 0.358 e. The zero-order valence-electron chi connectivity index (χ0n) is 12.4. The molecule has 10 heteroatoms. The Morgan fingerprint density at radius 3 is 2.26 bits per heavy atom. The lowest BCUT2D eigenvalue weighted by atomic mass is 10.0. The second kappa shape index (κ2) is 7.29. The first-order chi connectivity index (χ1) is 10.6. The van der Waals surface area contributed by atoms with Crippen molar-refractivity contribution in [3.8, 4) is 0 Å². The van der Waals surface area contributed by atoms with Crippen LogP contribution in [-0.4, -0.2) is 32.9 Å². The standard InChI is InChI=1S/C13H15N3O7/c1-7(2)6-9(13(18)19)14-12(17)8-4-3-5-10(15(20)21)11(8)16(22)23/h3-5,7,9H,6H2,1-2H3,(H,14,17)(H,18,19)/t9-/m0/s1. The van der Waals surface area contributed by atoms with E-state index < -0.39 is 44.7 Å². The van der Waals surface area contributed by atoms with Gasteiger partial charge in [0.1, 0.15) is 11.6 Å². The van der Waals surface area contributed by atoms with E-state index in [4.69, 9.17) is 5.11 Å². The summed E-state index contributed by atoms with van der Waals surface area (Å²) in [4.78, 5) is 43.2. The fourth-order valence-corrected chi connectivity index (χ4v) is 1.98. The van der Waals surface area contributed by atoms with Gasteiger partial charge in [-0.3, -0.25) is 25.0 Å². The minimum atomic E-state index is -1.29. The molecule has 2 N–H and O–H groups in total. The Hall–Kier alpha value is -3.04. The molecular formula is C13H15N3O7. The third-order valence-corrected chi connectivity index (χ3v) is 2.95. The quantitative estimate of drug-likeness (QED) is 0.571. The van der Waals surface area contributed by atoms with Crippen molar-refractivity contribution in [2.75, 3.05) is 0 Å². The van der Waals surface area contributed by atoms with Gasteiger partial charge in [0.25, 0.3) is 5.91 Å². The Morgan fingerprint density at radius 1 is 1.22 bits per heavy atom. The van der Waals surface area contributed by atoms with Crippen molar-refractivity contribution in [1.29, 1.82) is 0 Å². The summed E-state index contributed by atoms with van der Waals surface area (Å²) in [6, 6.07) is 1.81. The zero-order chi connectivity index (χ0) is 17.7. The lowest BCUT2D eigenvalue weighted by molar-refractivity contribution is -0.422. The van der Waals surface area contributed by atoms with Crippen molar-refractivity contribution in [2.45, 2.75) is 26.3 Å². The van der Waals surface area contributed by atoms with Crippen LogP contribution in [0.15, 0.2) is 18.2 Å². The fourth-order valence-electron chi connectivity index (χ4n) is 1.98. The lowest BCUT2D eigenvalue weighted by Crippen LogP contribution is -2.41. The van der Waals surface area contributed by atoms with Crippen LogP contribution in [0.2, 0.25) is 0 Å². The second-order valence-corrected chi connectivity index (χ2v) is 5.18. The predicted molar refractivity (Wildman–Crippen MR) is 78.1 cm³/mol. The highest BCUT2D eigenvalue weighted by Crippen LogP contribution is 2.30. The van der Waals surface area contributed by atoms with E-state index in [0.717, 1.165) is 18.2 Å². The molecular weight excluding hydrogens is 310 g/mol. The molecule has 1 aromatic carbocycles. The molecule has 0 radical (unpaired) electrons. The van der Waals surface area contributed by atoms with Gasteiger partial charge in [0.15, 0.2) is 0 Å². The van der Waals surface area contributed by atoms with Crippen LogP contribution < -0.4 is 5.32 Å². The van der Waals surface area contributed by atoms with Crippen LogP contribution in [-0.2, 0) is 4.79 Å². The van der Waals surface area contributed by atoms with Crippen LogP contribution in [0.5, 0.6) is 0 Å². The number of carboxylic acids is 1. The van der Waals surface area contributed by atoms with Crippen LogP contribution >= 0.6 is 0 Å². The predicted octanol–water partition coefficient (Wildman–Crippen LogP) is 1.73. The first-order valence-electron chi connectivity index (χ1n) is 6.60. The Balaban J connectivity index is 3.22. The van der Waals surface area contributed by atoms with Crippen molar-refractivity contribution in [2.24, 2.45) is 5.92 Å². The maximum absolute atomic E-state index is 12.1. The molecule has 1 amide bonds. The Labute approximate surface area is 130 Å². The molecule has 0 heterocycles. The van der Waals surface area contributed by atoms with Gasteiger partial charge in [-0.25, -0.2) is 4.79 Å². The van der Waals surface area contributed by atoms with Gasteiger partial charge in [-0.15, -0.1) is 0 Å². The first kappa shape index (κ1) is 18.0. The monoisotopic (exact) mass is 325 g/mol. The SMILES string of the molecule is CC(C)C[C@H](NC(=O)c1cccc([N+](=O)[O-])c1[N+](=O)[O-])C(=O)O.